The van der Waals surface area contributed by atoms with E-state index in [2.05, 4.69) is 193 Å². The van der Waals surface area contributed by atoms with Crippen molar-refractivity contribution in [2.75, 3.05) is 4.90 Å². The van der Waals surface area contributed by atoms with Gasteiger partial charge in [-0.05, 0) is 87.5 Å². The first-order valence-electron chi connectivity index (χ1n) is 18.5. The van der Waals surface area contributed by atoms with E-state index in [1.54, 1.807) is 0 Å². The van der Waals surface area contributed by atoms with Crippen molar-refractivity contribution in [2.45, 2.75) is 5.41 Å². The Morgan fingerprint density at radius 2 is 0.944 bits per heavy atom. The van der Waals surface area contributed by atoms with Crippen molar-refractivity contribution in [3.05, 3.63) is 210 Å². The first kappa shape index (κ1) is 30.2. The zero-order chi connectivity index (χ0) is 35.4. The van der Waals surface area contributed by atoms with Gasteiger partial charge in [0.25, 0.3) is 0 Å². The van der Waals surface area contributed by atoms with E-state index in [4.69, 9.17) is 0 Å². The van der Waals surface area contributed by atoms with Gasteiger partial charge in [-0.3, -0.25) is 0 Å². The third kappa shape index (κ3) is 4.03. The highest BCUT2D eigenvalue weighted by atomic mass is 32.1. The van der Waals surface area contributed by atoms with Crippen molar-refractivity contribution in [3.8, 4) is 33.4 Å². The number of anilines is 3. The van der Waals surface area contributed by atoms with E-state index in [9.17, 15) is 0 Å². The number of hydrogen-bond donors (Lipinski definition) is 0. The average molecular weight is 722 g/mol. The monoisotopic (exact) mass is 721 g/mol. The van der Waals surface area contributed by atoms with Crippen LogP contribution in [0.1, 0.15) is 21.6 Å². The second-order valence-electron chi connectivity index (χ2n) is 14.4. The fraction of sp³-hybridized carbons (Fsp3) is 0.0196. The van der Waals surface area contributed by atoms with Crippen LogP contribution in [-0.2, 0) is 5.41 Å². The molecule has 0 radical (unpaired) electrons. The highest BCUT2D eigenvalue weighted by molar-refractivity contribution is 7.25. The zero-order valence-electron chi connectivity index (χ0n) is 29.2. The second-order valence-corrected chi connectivity index (χ2v) is 16.5. The van der Waals surface area contributed by atoms with Crippen molar-refractivity contribution in [1.82, 2.24) is 0 Å². The van der Waals surface area contributed by atoms with Crippen molar-refractivity contribution in [2.24, 2.45) is 0 Å². The molecular formula is C51H31NS2. The van der Waals surface area contributed by atoms with Crippen LogP contribution >= 0.6 is 22.7 Å². The van der Waals surface area contributed by atoms with Gasteiger partial charge in [-0.15, -0.1) is 22.7 Å². The first-order chi connectivity index (χ1) is 26.8. The molecule has 0 bridgehead atoms. The van der Waals surface area contributed by atoms with Crippen molar-refractivity contribution in [1.29, 1.82) is 0 Å². The number of benzene rings is 8. The van der Waals surface area contributed by atoms with Crippen LogP contribution in [0.15, 0.2) is 188 Å². The average Bonchev–Trinajstić information content (AvgIpc) is 3.97. The van der Waals surface area contributed by atoms with Gasteiger partial charge in [0, 0.05) is 57.6 Å². The van der Waals surface area contributed by atoms with Gasteiger partial charge in [0.1, 0.15) is 0 Å². The molecule has 8 aromatic carbocycles. The maximum atomic E-state index is 2.50. The quantitative estimate of drug-likeness (QED) is 0.175. The summed E-state index contributed by atoms with van der Waals surface area (Å²) in [6.45, 7) is 0. The van der Waals surface area contributed by atoms with Gasteiger partial charge in [0.05, 0.1) is 11.1 Å². The van der Waals surface area contributed by atoms with Gasteiger partial charge in [-0.1, -0.05) is 140 Å². The van der Waals surface area contributed by atoms with Crippen LogP contribution in [0.4, 0.5) is 17.1 Å². The Morgan fingerprint density at radius 3 is 1.72 bits per heavy atom. The maximum absolute atomic E-state index is 2.50. The molecule has 3 heteroatoms. The number of nitrogens with zero attached hydrogens (tertiary/aromatic N) is 1. The van der Waals surface area contributed by atoms with E-state index >= 15 is 0 Å². The SMILES string of the molecule is c1ccc(-c2ccc(N(c3ccc4sc5ccccc5c4c3)c3cccc4c3-c3ccccc3C43c4ccccc4-c4c3sc3ccccc43)cc2)cc1. The van der Waals surface area contributed by atoms with Crippen LogP contribution in [0, 0.1) is 0 Å². The molecule has 0 N–H and O–H groups in total. The molecule has 1 unspecified atom stereocenters. The van der Waals surface area contributed by atoms with E-state index in [1.807, 2.05) is 22.7 Å². The Kier molecular flexibility index (Phi) is 6.36. The van der Waals surface area contributed by atoms with Gasteiger partial charge >= 0.3 is 0 Å². The molecule has 0 amide bonds. The fourth-order valence-corrected chi connectivity index (χ4v) is 12.0. The molecule has 0 aliphatic heterocycles. The summed E-state index contributed by atoms with van der Waals surface area (Å²) in [6, 6.07) is 70.0. The van der Waals surface area contributed by atoms with Crippen LogP contribution < -0.4 is 4.90 Å². The van der Waals surface area contributed by atoms with E-state index in [-0.39, 0.29) is 0 Å². The van der Waals surface area contributed by atoms with Gasteiger partial charge in [0.15, 0.2) is 0 Å². The minimum atomic E-state index is -0.409. The van der Waals surface area contributed by atoms with Crippen LogP contribution in [0.3, 0.4) is 0 Å². The summed E-state index contributed by atoms with van der Waals surface area (Å²) in [5.74, 6) is 0. The van der Waals surface area contributed by atoms with E-state index in [1.165, 1.54) is 90.9 Å². The minimum absolute atomic E-state index is 0.409. The molecule has 1 atom stereocenters. The summed E-state index contributed by atoms with van der Waals surface area (Å²) in [7, 11) is 0. The van der Waals surface area contributed by atoms with Gasteiger partial charge in [-0.2, -0.15) is 0 Å². The standard InChI is InChI=1S/C51H31NS2/c1-2-13-32(14-3-1)33-25-27-34(28-26-33)52(35-29-30-47-40(31-35)36-15-6-10-23-45(36)53-47)44-22-12-21-43-49(44)38-17-5-9-20-42(38)51(43)41-19-8-4-16-37(41)48-39-18-7-11-24-46(39)54-50(48)51/h1-31H. The molecule has 2 aliphatic carbocycles. The normalized spacial score (nSPS) is 15.1. The lowest BCUT2D eigenvalue weighted by Crippen LogP contribution is -2.25. The van der Waals surface area contributed by atoms with Crippen molar-refractivity contribution >= 4 is 70.0 Å². The highest BCUT2D eigenvalue weighted by Crippen LogP contribution is 2.67. The molecular weight excluding hydrogens is 691 g/mol. The summed E-state index contributed by atoms with van der Waals surface area (Å²) in [5.41, 5.74) is 14.9. The summed E-state index contributed by atoms with van der Waals surface area (Å²) in [6.07, 6.45) is 0. The predicted octanol–water partition coefficient (Wildman–Crippen LogP) is 14.7. The summed E-state index contributed by atoms with van der Waals surface area (Å²) in [5, 5.41) is 3.95. The molecule has 12 rings (SSSR count). The van der Waals surface area contributed by atoms with E-state index in [0.29, 0.717) is 0 Å². The molecule has 1 spiro atoms. The van der Waals surface area contributed by atoms with Gasteiger partial charge in [0.2, 0.25) is 0 Å². The fourth-order valence-electron chi connectivity index (χ4n) is 9.47. The Labute approximate surface area is 321 Å². The number of thiophene rings is 2. The maximum Gasteiger partial charge on any atom is 0.0820 e. The lowest BCUT2D eigenvalue weighted by molar-refractivity contribution is 0.811. The Bertz CT molecular complexity index is 3110. The van der Waals surface area contributed by atoms with Crippen molar-refractivity contribution in [3.63, 3.8) is 0 Å². The molecule has 54 heavy (non-hydrogen) atoms. The molecule has 10 aromatic rings. The lowest BCUT2D eigenvalue weighted by atomic mass is 9.74. The van der Waals surface area contributed by atoms with E-state index in [0.717, 1.165) is 11.4 Å². The zero-order valence-corrected chi connectivity index (χ0v) is 30.8. The van der Waals surface area contributed by atoms with Crippen LogP contribution in [0.2, 0.25) is 0 Å². The van der Waals surface area contributed by atoms with Crippen LogP contribution in [0.25, 0.3) is 63.6 Å². The summed E-state index contributed by atoms with van der Waals surface area (Å²) in [4.78, 5) is 3.93. The van der Waals surface area contributed by atoms with E-state index < -0.39 is 5.41 Å². The Balaban J connectivity index is 1.15. The first-order valence-corrected chi connectivity index (χ1v) is 20.1. The third-order valence-corrected chi connectivity index (χ3v) is 14.1. The molecule has 1 nitrogen and oxygen atoms in total. The second kappa shape index (κ2) is 11.4. The largest absolute Gasteiger partial charge is 0.310 e. The predicted molar refractivity (Wildman–Crippen MR) is 231 cm³/mol. The Hall–Kier alpha value is -6.26. The third-order valence-electron chi connectivity index (χ3n) is 11.7. The van der Waals surface area contributed by atoms with Crippen molar-refractivity contribution < 1.29 is 0 Å². The Morgan fingerprint density at radius 1 is 0.370 bits per heavy atom. The van der Waals surface area contributed by atoms with Gasteiger partial charge < -0.3 is 4.90 Å². The summed E-state index contributed by atoms with van der Waals surface area (Å²) < 4.78 is 3.97. The number of rotatable bonds is 4. The number of fused-ring (bicyclic) bond motifs is 15. The molecule has 0 saturated carbocycles. The molecule has 0 saturated heterocycles. The van der Waals surface area contributed by atoms with Crippen LogP contribution in [-0.4, -0.2) is 0 Å². The molecule has 2 aromatic heterocycles. The molecule has 2 heterocycles. The lowest BCUT2D eigenvalue weighted by Gasteiger charge is -2.31. The molecule has 0 fully saturated rings. The topological polar surface area (TPSA) is 3.24 Å². The smallest absolute Gasteiger partial charge is 0.0820 e. The molecule has 2 aliphatic rings. The van der Waals surface area contributed by atoms with Gasteiger partial charge in [-0.25, -0.2) is 0 Å². The minimum Gasteiger partial charge on any atom is -0.310 e. The summed E-state index contributed by atoms with van der Waals surface area (Å²) >= 11 is 3.83. The van der Waals surface area contributed by atoms with Crippen LogP contribution in [0.5, 0.6) is 0 Å². The highest BCUT2D eigenvalue weighted by Gasteiger charge is 2.54. The number of hydrogen-bond acceptors (Lipinski definition) is 3. The molecule has 252 valence electrons.